The van der Waals surface area contributed by atoms with E-state index in [1.165, 1.54) is 12.1 Å². The van der Waals surface area contributed by atoms with E-state index in [0.29, 0.717) is 12.3 Å². The Kier molecular flexibility index (Phi) is 3.28. The molecule has 2 rings (SSSR count). The molecule has 1 saturated heterocycles. The number of amides is 1. The van der Waals surface area contributed by atoms with Crippen LogP contribution >= 0.6 is 0 Å². The van der Waals surface area contributed by atoms with Crippen LogP contribution in [0, 0.1) is 11.7 Å². The maximum Gasteiger partial charge on any atom is 0.253 e. The van der Waals surface area contributed by atoms with Crippen molar-refractivity contribution < 1.29 is 19.0 Å². The fourth-order valence-electron chi connectivity index (χ4n) is 1.83. The van der Waals surface area contributed by atoms with E-state index in [1.807, 2.05) is 6.92 Å². The lowest BCUT2D eigenvalue weighted by Gasteiger charge is -2.14. The van der Waals surface area contributed by atoms with E-state index in [-0.39, 0.29) is 11.8 Å². The highest BCUT2D eigenvalue weighted by Gasteiger charge is 2.30. The molecule has 17 heavy (non-hydrogen) atoms. The Balaban J connectivity index is 2.05. The number of nitrogens with one attached hydrogen (secondary N) is 1. The first-order chi connectivity index (χ1) is 8.08. The second kappa shape index (κ2) is 4.71. The van der Waals surface area contributed by atoms with Crippen molar-refractivity contribution in [1.29, 1.82) is 0 Å². The summed E-state index contributed by atoms with van der Waals surface area (Å²) in [6, 6.07) is 3.71. The van der Waals surface area contributed by atoms with Crippen molar-refractivity contribution in [3.8, 4) is 5.75 Å². The Morgan fingerprint density at radius 3 is 2.94 bits per heavy atom. The van der Waals surface area contributed by atoms with E-state index in [0.717, 1.165) is 12.5 Å². The lowest BCUT2D eigenvalue weighted by Crippen LogP contribution is -2.31. The van der Waals surface area contributed by atoms with Crippen molar-refractivity contribution in [3.05, 3.63) is 24.0 Å². The van der Waals surface area contributed by atoms with Gasteiger partial charge in [0.25, 0.3) is 5.91 Å². The van der Waals surface area contributed by atoms with Gasteiger partial charge in [0.2, 0.25) is 0 Å². The third-order valence-corrected chi connectivity index (χ3v) is 2.86. The number of rotatable bonds is 2. The van der Waals surface area contributed by atoms with E-state index in [1.54, 1.807) is 0 Å². The first kappa shape index (κ1) is 11.9. The Morgan fingerprint density at radius 1 is 1.59 bits per heavy atom. The summed E-state index contributed by atoms with van der Waals surface area (Å²) in [5.74, 6) is -1.31. The van der Waals surface area contributed by atoms with Gasteiger partial charge in [0, 0.05) is 18.4 Å². The molecule has 4 nitrogen and oxygen atoms in total. The van der Waals surface area contributed by atoms with Crippen LogP contribution in [0.2, 0.25) is 0 Å². The fraction of sp³-hybridized carbons (Fsp3) is 0.417. The minimum atomic E-state index is -0.761. The molecule has 1 aliphatic rings. The smallest absolute Gasteiger partial charge is 0.253 e. The molecule has 2 unspecified atom stereocenters. The van der Waals surface area contributed by atoms with Gasteiger partial charge in [-0.2, -0.15) is 0 Å². The molecule has 0 aromatic heterocycles. The zero-order valence-corrected chi connectivity index (χ0v) is 9.44. The maximum atomic E-state index is 13.1. The third kappa shape index (κ3) is 2.55. The molecule has 1 fully saturated rings. The molecule has 1 aromatic carbocycles. The van der Waals surface area contributed by atoms with Gasteiger partial charge in [0.1, 0.15) is 6.10 Å². The molecule has 2 N–H and O–H groups in total. The van der Waals surface area contributed by atoms with Crippen molar-refractivity contribution in [2.24, 2.45) is 5.92 Å². The number of ether oxygens (including phenoxy) is 1. The highest BCUT2D eigenvalue weighted by atomic mass is 19.1. The Morgan fingerprint density at radius 2 is 2.35 bits per heavy atom. The standard InChI is InChI=1S/C12H14FNO3/c1-7-4-5-17-11(7)12(16)14-8-2-3-10(15)9(13)6-8/h2-3,6-7,11,15H,4-5H2,1H3,(H,14,16). The quantitative estimate of drug-likeness (QED) is 0.775. The van der Waals surface area contributed by atoms with Crippen LogP contribution in [0.1, 0.15) is 13.3 Å². The molecule has 92 valence electrons. The number of anilines is 1. The number of phenolic OH excluding ortho intramolecular Hbond substituents is 1. The number of aromatic hydroxyl groups is 1. The fourth-order valence-corrected chi connectivity index (χ4v) is 1.83. The van der Waals surface area contributed by atoms with Crippen LogP contribution in [-0.4, -0.2) is 23.7 Å². The first-order valence-corrected chi connectivity index (χ1v) is 5.49. The average Bonchev–Trinajstić information content (AvgIpc) is 2.70. The van der Waals surface area contributed by atoms with E-state index < -0.39 is 17.7 Å². The topological polar surface area (TPSA) is 58.6 Å². The molecule has 0 aliphatic carbocycles. The van der Waals surface area contributed by atoms with Crippen molar-refractivity contribution >= 4 is 11.6 Å². The van der Waals surface area contributed by atoms with Crippen molar-refractivity contribution in [2.75, 3.05) is 11.9 Å². The molecule has 1 aromatic rings. The normalized spacial score (nSPS) is 23.6. The minimum absolute atomic E-state index is 0.164. The summed E-state index contributed by atoms with van der Waals surface area (Å²) in [4.78, 5) is 11.8. The molecule has 0 spiro atoms. The Labute approximate surface area is 98.4 Å². The summed E-state index contributed by atoms with van der Waals surface area (Å²) in [7, 11) is 0. The predicted molar refractivity (Wildman–Crippen MR) is 60.2 cm³/mol. The molecule has 1 aliphatic heterocycles. The first-order valence-electron chi connectivity index (χ1n) is 5.49. The SMILES string of the molecule is CC1CCOC1C(=O)Nc1ccc(O)c(F)c1. The lowest BCUT2D eigenvalue weighted by atomic mass is 10.0. The molecule has 2 atom stereocenters. The molecule has 0 bridgehead atoms. The highest BCUT2D eigenvalue weighted by molar-refractivity contribution is 5.94. The molecular weight excluding hydrogens is 225 g/mol. The van der Waals surface area contributed by atoms with E-state index in [4.69, 9.17) is 9.84 Å². The second-order valence-corrected chi connectivity index (χ2v) is 4.21. The minimum Gasteiger partial charge on any atom is -0.505 e. The van der Waals surface area contributed by atoms with Crippen molar-refractivity contribution in [3.63, 3.8) is 0 Å². The van der Waals surface area contributed by atoms with Gasteiger partial charge in [-0.1, -0.05) is 6.92 Å². The molecular formula is C12H14FNO3. The molecule has 5 heteroatoms. The number of hydrogen-bond donors (Lipinski definition) is 2. The van der Waals surface area contributed by atoms with Gasteiger partial charge < -0.3 is 15.2 Å². The van der Waals surface area contributed by atoms with Crippen LogP contribution in [0.4, 0.5) is 10.1 Å². The van der Waals surface area contributed by atoms with Crippen LogP contribution in [0.15, 0.2) is 18.2 Å². The van der Waals surface area contributed by atoms with E-state index in [2.05, 4.69) is 5.32 Å². The maximum absolute atomic E-state index is 13.1. The monoisotopic (exact) mass is 239 g/mol. The Bertz CT molecular complexity index is 436. The van der Waals surface area contributed by atoms with Crippen molar-refractivity contribution in [1.82, 2.24) is 0 Å². The third-order valence-electron chi connectivity index (χ3n) is 2.86. The van der Waals surface area contributed by atoms with Gasteiger partial charge in [-0.15, -0.1) is 0 Å². The molecule has 0 radical (unpaired) electrons. The molecule has 1 amide bonds. The van der Waals surface area contributed by atoms with Gasteiger partial charge in [-0.05, 0) is 24.5 Å². The van der Waals surface area contributed by atoms with Crippen LogP contribution in [-0.2, 0) is 9.53 Å². The summed E-state index contributed by atoms with van der Waals surface area (Å²) in [6.07, 6.45) is 0.369. The van der Waals surface area contributed by atoms with Crippen LogP contribution in [0.5, 0.6) is 5.75 Å². The number of carbonyl (C=O) groups excluding carboxylic acids is 1. The second-order valence-electron chi connectivity index (χ2n) is 4.21. The van der Waals surface area contributed by atoms with Crippen molar-refractivity contribution in [2.45, 2.75) is 19.4 Å². The number of phenols is 1. The lowest BCUT2D eigenvalue weighted by molar-refractivity contribution is -0.126. The van der Waals surface area contributed by atoms with Crippen LogP contribution < -0.4 is 5.32 Å². The van der Waals surface area contributed by atoms with Gasteiger partial charge in [0.05, 0.1) is 0 Å². The number of benzene rings is 1. The number of hydrogen-bond acceptors (Lipinski definition) is 3. The van der Waals surface area contributed by atoms with Gasteiger partial charge in [-0.3, -0.25) is 4.79 Å². The van der Waals surface area contributed by atoms with Crippen LogP contribution in [0.25, 0.3) is 0 Å². The summed E-state index contributed by atoms with van der Waals surface area (Å²) in [5.41, 5.74) is 0.313. The van der Waals surface area contributed by atoms with E-state index in [9.17, 15) is 9.18 Å². The number of halogens is 1. The predicted octanol–water partition coefficient (Wildman–Crippen LogP) is 1.89. The van der Waals surface area contributed by atoms with Gasteiger partial charge in [0.15, 0.2) is 11.6 Å². The molecule has 0 saturated carbocycles. The largest absolute Gasteiger partial charge is 0.505 e. The highest BCUT2D eigenvalue weighted by Crippen LogP contribution is 2.23. The number of carbonyl (C=O) groups is 1. The zero-order chi connectivity index (χ0) is 12.4. The molecule has 1 heterocycles. The zero-order valence-electron chi connectivity index (χ0n) is 9.44. The van der Waals surface area contributed by atoms with Crippen LogP contribution in [0.3, 0.4) is 0 Å². The van der Waals surface area contributed by atoms with E-state index >= 15 is 0 Å². The summed E-state index contributed by atoms with van der Waals surface area (Å²) in [6.45, 7) is 2.51. The summed E-state index contributed by atoms with van der Waals surface area (Å²) in [5, 5.41) is 11.6. The summed E-state index contributed by atoms with van der Waals surface area (Å²) < 4.78 is 18.3. The Hall–Kier alpha value is -1.62. The van der Waals surface area contributed by atoms with Gasteiger partial charge >= 0.3 is 0 Å². The average molecular weight is 239 g/mol. The summed E-state index contributed by atoms with van der Waals surface area (Å²) >= 11 is 0. The van der Waals surface area contributed by atoms with Gasteiger partial charge in [-0.25, -0.2) is 4.39 Å².